The molecular weight excluding hydrogens is 138 g/mol. The summed E-state index contributed by atoms with van der Waals surface area (Å²) >= 11 is 0. The van der Waals surface area contributed by atoms with Gasteiger partial charge in [0.2, 0.25) is 0 Å². The third-order valence-corrected chi connectivity index (χ3v) is 3.18. The lowest BCUT2D eigenvalue weighted by Gasteiger charge is -2.43. The number of piperidine rings is 3. The number of fused-ring (bicyclic) bond motifs is 3. The van der Waals surface area contributed by atoms with E-state index < -0.39 is 0 Å². The molecule has 0 aromatic rings. The Morgan fingerprint density at radius 2 is 2.00 bits per heavy atom. The topological polar surface area (TPSA) is 20.3 Å². The van der Waals surface area contributed by atoms with E-state index in [9.17, 15) is 4.79 Å². The van der Waals surface area contributed by atoms with Crippen LogP contribution < -0.4 is 0 Å². The van der Waals surface area contributed by atoms with Crippen LogP contribution in [0.2, 0.25) is 0 Å². The highest BCUT2D eigenvalue weighted by atomic mass is 16.1. The van der Waals surface area contributed by atoms with Gasteiger partial charge in [0.25, 0.3) is 0 Å². The molecule has 0 radical (unpaired) electrons. The van der Waals surface area contributed by atoms with E-state index in [-0.39, 0.29) is 0 Å². The minimum atomic E-state index is 0.373. The smallest absolute Gasteiger partial charge is 0.134 e. The number of ketones is 1. The van der Waals surface area contributed by atoms with Crippen molar-refractivity contribution in [1.29, 1.82) is 0 Å². The zero-order valence-electron chi connectivity index (χ0n) is 7.05. The van der Waals surface area contributed by atoms with Gasteiger partial charge in [-0.25, -0.2) is 0 Å². The minimum absolute atomic E-state index is 0.373. The van der Waals surface area contributed by atoms with E-state index in [1.54, 1.807) is 6.92 Å². The molecule has 3 heterocycles. The molecule has 0 saturated carbocycles. The highest BCUT2D eigenvalue weighted by Gasteiger charge is 2.36. The first kappa shape index (κ1) is 7.29. The van der Waals surface area contributed by atoms with Crippen molar-refractivity contribution in [2.45, 2.75) is 19.8 Å². The zero-order valence-corrected chi connectivity index (χ0v) is 7.05. The van der Waals surface area contributed by atoms with Gasteiger partial charge in [-0.2, -0.15) is 0 Å². The number of rotatable bonds is 1. The number of hydrogen-bond donors (Lipinski definition) is 0. The van der Waals surface area contributed by atoms with E-state index >= 15 is 0 Å². The number of carbonyl (C=O) groups excluding carboxylic acids is 1. The Labute approximate surface area is 67.6 Å². The lowest BCUT2D eigenvalue weighted by atomic mass is 9.77. The van der Waals surface area contributed by atoms with Gasteiger partial charge >= 0.3 is 0 Å². The molecule has 11 heavy (non-hydrogen) atoms. The maximum absolute atomic E-state index is 11.2. The van der Waals surface area contributed by atoms with Crippen LogP contribution in [0.5, 0.6) is 0 Å². The van der Waals surface area contributed by atoms with Crippen molar-refractivity contribution in [1.82, 2.24) is 4.90 Å². The Morgan fingerprint density at radius 3 is 2.27 bits per heavy atom. The Kier molecular flexibility index (Phi) is 1.72. The van der Waals surface area contributed by atoms with Crippen molar-refractivity contribution >= 4 is 5.78 Å². The molecule has 2 heteroatoms. The number of Topliss-reactive ketones (excluding diaryl/α,β-unsaturated/α-hetero) is 1. The number of hydrogen-bond acceptors (Lipinski definition) is 2. The van der Waals surface area contributed by atoms with Gasteiger partial charge in [-0.15, -0.1) is 0 Å². The summed E-state index contributed by atoms with van der Waals surface area (Å²) in [5.41, 5.74) is 0. The highest BCUT2D eigenvalue weighted by molar-refractivity contribution is 5.79. The lowest BCUT2D eigenvalue weighted by Crippen LogP contribution is -2.49. The van der Waals surface area contributed by atoms with Crippen LogP contribution in [0, 0.1) is 11.8 Å². The molecule has 3 saturated heterocycles. The molecule has 2 bridgehead atoms. The molecule has 3 fully saturated rings. The largest absolute Gasteiger partial charge is 0.303 e. The van der Waals surface area contributed by atoms with Crippen molar-refractivity contribution in [2.75, 3.05) is 19.6 Å². The van der Waals surface area contributed by atoms with Gasteiger partial charge in [0.1, 0.15) is 5.78 Å². The Hall–Kier alpha value is -0.370. The summed E-state index contributed by atoms with van der Waals surface area (Å²) in [5.74, 6) is 1.49. The van der Waals surface area contributed by atoms with Crippen molar-refractivity contribution < 1.29 is 4.79 Å². The number of nitrogens with zero attached hydrogens (tertiary/aromatic N) is 1. The zero-order chi connectivity index (χ0) is 7.84. The molecule has 3 aliphatic rings. The monoisotopic (exact) mass is 153 g/mol. The van der Waals surface area contributed by atoms with Gasteiger partial charge < -0.3 is 4.90 Å². The summed E-state index contributed by atoms with van der Waals surface area (Å²) in [6.45, 7) is 5.25. The first-order valence-corrected chi connectivity index (χ1v) is 4.50. The van der Waals surface area contributed by atoms with Gasteiger partial charge in [-0.05, 0) is 38.8 Å². The molecule has 0 spiro atoms. The molecule has 0 aromatic heterocycles. The molecule has 0 aliphatic carbocycles. The molecule has 1 atom stereocenters. The summed E-state index contributed by atoms with van der Waals surface area (Å²) in [4.78, 5) is 13.6. The highest BCUT2D eigenvalue weighted by Crippen LogP contribution is 2.32. The van der Waals surface area contributed by atoms with E-state index in [1.807, 2.05) is 0 Å². The molecule has 0 N–H and O–H groups in total. The van der Waals surface area contributed by atoms with Gasteiger partial charge in [-0.1, -0.05) is 0 Å². The van der Waals surface area contributed by atoms with Crippen molar-refractivity contribution in [3.8, 4) is 0 Å². The predicted molar refractivity (Wildman–Crippen MR) is 43.3 cm³/mol. The quantitative estimate of drug-likeness (QED) is 0.558. The molecule has 3 rings (SSSR count). The van der Waals surface area contributed by atoms with Crippen molar-refractivity contribution in [3.63, 3.8) is 0 Å². The van der Waals surface area contributed by atoms with E-state index in [0.717, 1.165) is 12.5 Å². The second-order valence-corrected chi connectivity index (χ2v) is 3.86. The standard InChI is InChI=1S/C9H15NO/c1-7(11)9-6-10-4-2-8(9)3-5-10/h8-9H,2-6H2,1H3/t9-/m1/s1. The van der Waals surface area contributed by atoms with Crippen molar-refractivity contribution in [3.05, 3.63) is 0 Å². The van der Waals surface area contributed by atoms with Crippen LogP contribution in [0.3, 0.4) is 0 Å². The van der Waals surface area contributed by atoms with E-state index in [1.165, 1.54) is 25.9 Å². The molecule has 0 unspecified atom stereocenters. The Bertz CT molecular complexity index is 170. The third kappa shape index (κ3) is 1.20. The second-order valence-electron chi connectivity index (χ2n) is 3.86. The Morgan fingerprint density at radius 1 is 1.36 bits per heavy atom. The van der Waals surface area contributed by atoms with E-state index in [0.29, 0.717) is 11.7 Å². The molecular formula is C9H15NO. The summed E-state index contributed by atoms with van der Waals surface area (Å²) in [6, 6.07) is 0. The van der Waals surface area contributed by atoms with Gasteiger partial charge in [-0.3, -0.25) is 4.79 Å². The maximum atomic E-state index is 11.2. The van der Waals surface area contributed by atoms with Crippen LogP contribution >= 0.6 is 0 Å². The summed E-state index contributed by atoms with van der Waals surface area (Å²) < 4.78 is 0. The fourth-order valence-electron chi connectivity index (χ4n) is 2.43. The lowest BCUT2D eigenvalue weighted by molar-refractivity contribution is -0.126. The summed E-state index contributed by atoms with van der Waals surface area (Å²) in [6.07, 6.45) is 2.51. The molecule has 3 aliphatic heterocycles. The predicted octanol–water partition coefficient (Wildman–Crippen LogP) is 0.917. The van der Waals surface area contributed by atoms with Crippen LogP contribution in [0.4, 0.5) is 0 Å². The molecule has 62 valence electrons. The fourth-order valence-corrected chi connectivity index (χ4v) is 2.43. The normalized spacial score (nSPS) is 42.5. The van der Waals surface area contributed by atoms with Crippen LogP contribution in [-0.4, -0.2) is 30.3 Å². The van der Waals surface area contributed by atoms with Crippen molar-refractivity contribution in [2.24, 2.45) is 11.8 Å². The van der Waals surface area contributed by atoms with Crippen LogP contribution in [-0.2, 0) is 4.79 Å². The SMILES string of the molecule is CC(=O)[C@H]1CN2CCC1CC2. The molecule has 0 aromatic carbocycles. The van der Waals surface area contributed by atoms with Gasteiger partial charge in [0, 0.05) is 12.5 Å². The average Bonchev–Trinajstić information content (AvgIpc) is 2.06. The molecule has 0 amide bonds. The number of carbonyl (C=O) groups is 1. The summed E-state index contributed by atoms with van der Waals surface area (Å²) in [5, 5.41) is 0. The first-order chi connectivity index (χ1) is 5.27. The van der Waals surface area contributed by atoms with Gasteiger partial charge in [0.15, 0.2) is 0 Å². The minimum Gasteiger partial charge on any atom is -0.303 e. The van der Waals surface area contributed by atoms with Crippen LogP contribution in [0.25, 0.3) is 0 Å². The van der Waals surface area contributed by atoms with E-state index in [2.05, 4.69) is 4.90 Å². The van der Waals surface area contributed by atoms with Crippen LogP contribution in [0.1, 0.15) is 19.8 Å². The second kappa shape index (κ2) is 2.59. The molecule has 2 nitrogen and oxygen atoms in total. The first-order valence-electron chi connectivity index (χ1n) is 4.50. The van der Waals surface area contributed by atoms with Crippen LogP contribution in [0.15, 0.2) is 0 Å². The maximum Gasteiger partial charge on any atom is 0.134 e. The van der Waals surface area contributed by atoms with Gasteiger partial charge in [0.05, 0.1) is 0 Å². The third-order valence-electron chi connectivity index (χ3n) is 3.18. The van der Waals surface area contributed by atoms with E-state index in [4.69, 9.17) is 0 Å². The Balaban J connectivity index is 2.08. The fraction of sp³-hybridized carbons (Fsp3) is 0.889. The average molecular weight is 153 g/mol. The summed E-state index contributed by atoms with van der Waals surface area (Å²) in [7, 11) is 0.